The van der Waals surface area contributed by atoms with E-state index in [1.165, 1.54) is 51.6 Å². The lowest BCUT2D eigenvalue weighted by molar-refractivity contribution is 0.0486. The van der Waals surface area contributed by atoms with Gasteiger partial charge in [-0.05, 0) is 38.0 Å². The van der Waals surface area contributed by atoms with Gasteiger partial charge in [-0.3, -0.25) is 4.90 Å². The summed E-state index contributed by atoms with van der Waals surface area (Å²) >= 11 is 0. The first-order valence-corrected chi connectivity index (χ1v) is 9.25. The maximum atomic E-state index is 5.61. The van der Waals surface area contributed by atoms with Crippen molar-refractivity contribution in [3.05, 3.63) is 0 Å². The van der Waals surface area contributed by atoms with E-state index in [4.69, 9.17) is 4.74 Å². The second-order valence-corrected chi connectivity index (χ2v) is 7.39. The Morgan fingerprint density at radius 2 is 1.95 bits per heavy atom. The van der Waals surface area contributed by atoms with E-state index in [1.54, 1.807) is 0 Å². The Hall–Kier alpha value is -0.120. The van der Waals surface area contributed by atoms with E-state index in [9.17, 15) is 0 Å². The molecule has 1 aliphatic carbocycles. The van der Waals surface area contributed by atoms with E-state index in [2.05, 4.69) is 31.0 Å². The third-order valence-electron chi connectivity index (χ3n) is 5.25. The highest BCUT2D eigenvalue weighted by Crippen LogP contribution is 2.29. The lowest BCUT2D eigenvalue weighted by Crippen LogP contribution is -2.59. The molecule has 1 saturated carbocycles. The minimum atomic E-state index is 0.699. The van der Waals surface area contributed by atoms with Gasteiger partial charge in [0.1, 0.15) is 0 Å². The largest absolute Gasteiger partial charge is 0.380 e. The zero-order valence-electron chi connectivity index (χ0n) is 14.4. The smallest absolute Gasteiger partial charge is 0.0593 e. The summed E-state index contributed by atoms with van der Waals surface area (Å²) in [4.78, 5) is 2.71. The normalized spacial score (nSPS) is 29.1. The highest BCUT2D eigenvalue weighted by Gasteiger charge is 2.32. The number of rotatable bonds is 7. The Morgan fingerprint density at radius 1 is 1.19 bits per heavy atom. The number of ether oxygens (including phenoxy) is 1. The summed E-state index contributed by atoms with van der Waals surface area (Å²) < 4.78 is 5.61. The first kappa shape index (κ1) is 17.2. The van der Waals surface area contributed by atoms with Crippen molar-refractivity contribution in [2.45, 2.75) is 71.4 Å². The van der Waals surface area contributed by atoms with Gasteiger partial charge in [-0.1, -0.05) is 33.1 Å². The minimum absolute atomic E-state index is 0.699. The third-order valence-corrected chi connectivity index (χ3v) is 5.25. The molecule has 0 aromatic rings. The van der Waals surface area contributed by atoms with Crippen LogP contribution in [-0.4, -0.2) is 49.8 Å². The fraction of sp³-hybridized carbons (Fsp3) is 1.00. The Kier molecular flexibility index (Phi) is 7.48. The van der Waals surface area contributed by atoms with Crippen LogP contribution in [0.2, 0.25) is 0 Å². The molecule has 1 saturated heterocycles. The van der Waals surface area contributed by atoms with E-state index in [0.29, 0.717) is 6.04 Å². The zero-order chi connectivity index (χ0) is 15.1. The van der Waals surface area contributed by atoms with Crippen LogP contribution in [0.25, 0.3) is 0 Å². The topological polar surface area (TPSA) is 24.5 Å². The standard InChI is InChI=1S/C18H36N2O/c1-4-21-11-10-20-14-18(16-8-6-5-7-9-16)19-13-17(20)12-15(2)3/h15-19H,4-14H2,1-3H3. The van der Waals surface area contributed by atoms with Crippen molar-refractivity contribution in [1.82, 2.24) is 10.2 Å². The van der Waals surface area contributed by atoms with Crippen LogP contribution in [0.5, 0.6) is 0 Å². The van der Waals surface area contributed by atoms with Gasteiger partial charge in [0.05, 0.1) is 6.61 Å². The van der Waals surface area contributed by atoms with Gasteiger partial charge in [-0.25, -0.2) is 0 Å². The average molecular weight is 296 g/mol. The lowest BCUT2D eigenvalue weighted by atomic mass is 9.82. The highest BCUT2D eigenvalue weighted by atomic mass is 16.5. The molecule has 3 nitrogen and oxygen atoms in total. The second kappa shape index (κ2) is 9.12. The van der Waals surface area contributed by atoms with E-state index in [0.717, 1.165) is 37.6 Å². The molecule has 1 N–H and O–H groups in total. The summed E-state index contributed by atoms with van der Waals surface area (Å²) in [5, 5.41) is 3.88. The van der Waals surface area contributed by atoms with Crippen LogP contribution in [0.4, 0.5) is 0 Å². The van der Waals surface area contributed by atoms with Gasteiger partial charge >= 0.3 is 0 Å². The van der Waals surface area contributed by atoms with Gasteiger partial charge < -0.3 is 10.1 Å². The van der Waals surface area contributed by atoms with E-state index in [-0.39, 0.29) is 0 Å². The molecule has 2 aliphatic rings. The summed E-state index contributed by atoms with van der Waals surface area (Å²) in [6, 6.07) is 1.42. The maximum absolute atomic E-state index is 5.61. The Balaban J connectivity index is 1.87. The molecule has 3 heteroatoms. The van der Waals surface area contributed by atoms with Crippen LogP contribution < -0.4 is 5.32 Å². The van der Waals surface area contributed by atoms with E-state index in [1.807, 2.05) is 0 Å². The summed E-state index contributed by atoms with van der Waals surface area (Å²) in [6.07, 6.45) is 8.51. The quantitative estimate of drug-likeness (QED) is 0.730. The van der Waals surface area contributed by atoms with Gasteiger partial charge in [0.15, 0.2) is 0 Å². The number of hydrogen-bond acceptors (Lipinski definition) is 3. The van der Waals surface area contributed by atoms with Gasteiger partial charge in [0, 0.05) is 38.3 Å². The number of piperazine rings is 1. The lowest BCUT2D eigenvalue weighted by Gasteiger charge is -2.44. The molecule has 1 aliphatic heterocycles. The molecule has 2 unspecified atom stereocenters. The highest BCUT2D eigenvalue weighted by molar-refractivity contribution is 4.90. The maximum Gasteiger partial charge on any atom is 0.0593 e. The van der Waals surface area contributed by atoms with Crippen molar-refractivity contribution < 1.29 is 4.74 Å². The van der Waals surface area contributed by atoms with Crippen LogP contribution in [0, 0.1) is 11.8 Å². The van der Waals surface area contributed by atoms with Crippen LogP contribution in [0.3, 0.4) is 0 Å². The molecule has 2 atom stereocenters. The Morgan fingerprint density at radius 3 is 2.62 bits per heavy atom. The molecular weight excluding hydrogens is 260 g/mol. The van der Waals surface area contributed by atoms with Gasteiger partial charge in [-0.15, -0.1) is 0 Å². The molecule has 0 aromatic carbocycles. The number of nitrogens with zero attached hydrogens (tertiary/aromatic N) is 1. The third kappa shape index (κ3) is 5.54. The summed E-state index contributed by atoms with van der Waals surface area (Å²) in [5.41, 5.74) is 0. The molecule has 0 bridgehead atoms. The van der Waals surface area contributed by atoms with Crippen molar-refractivity contribution in [2.24, 2.45) is 11.8 Å². The zero-order valence-corrected chi connectivity index (χ0v) is 14.4. The monoisotopic (exact) mass is 296 g/mol. The minimum Gasteiger partial charge on any atom is -0.380 e. The molecule has 0 amide bonds. The van der Waals surface area contributed by atoms with Crippen LogP contribution in [0.15, 0.2) is 0 Å². The second-order valence-electron chi connectivity index (χ2n) is 7.39. The van der Waals surface area contributed by atoms with Crippen molar-refractivity contribution in [3.8, 4) is 0 Å². The fourth-order valence-electron chi connectivity index (χ4n) is 4.11. The number of hydrogen-bond donors (Lipinski definition) is 1. The first-order chi connectivity index (χ1) is 10.2. The van der Waals surface area contributed by atoms with E-state index >= 15 is 0 Å². The Bertz CT molecular complexity index is 276. The van der Waals surface area contributed by atoms with Crippen LogP contribution in [0.1, 0.15) is 59.3 Å². The molecule has 2 rings (SSSR count). The van der Waals surface area contributed by atoms with E-state index < -0.39 is 0 Å². The van der Waals surface area contributed by atoms with Gasteiger partial charge in [0.25, 0.3) is 0 Å². The molecule has 0 aromatic heterocycles. The van der Waals surface area contributed by atoms with Gasteiger partial charge in [0.2, 0.25) is 0 Å². The predicted molar refractivity (Wildman–Crippen MR) is 89.7 cm³/mol. The van der Waals surface area contributed by atoms with Crippen molar-refractivity contribution in [3.63, 3.8) is 0 Å². The number of nitrogens with one attached hydrogen (secondary N) is 1. The molecule has 124 valence electrons. The summed E-state index contributed by atoms with van der Waals surface area (Å²) in [6.45, 7) is 12.0. The summed E-state index contributed by atoms with van der Waals surface area (Å²) in [5.74, 6) is 1.69. The molecule has 1 heterocycles. The molecule has 21 heavy (non-hydrogen) atoms. The molecule has 2 fully saturated rings. The van der Waals surface area contributed by atoms with Crippen molar-refractivity contribution in [1.29, 1.82) is 0 Å². The van der Waals surface area contributed by atoms with Crippen LogP contribution in [-0.2, 0) is 4.74 Å². The summed E-state index contributed by atoms with van der Waals surface area (Å²) in [7, 11) is 0. The van der Waals surface area contributed by atoms with Crippen molar-refractivity contribution >= 4 is 0 Å². The van der Waals surface area contributed by atoms with Crippen molar-refractivity contribution in [2.75, 3.05) is 32.8 Å². The first-order valence-electron chi connectivity index (χ1n) is 9.25. The Labute approximate surface area is 131 Å². The van der Waals surface area contributed by atoms with Crippen LogP contribution >= 0.6 is 0 Å². The van der Waals surface area contributed by atoms with Gasteiger partial charge in [-0.2, -0.15) is 0 Å². The molecule has 0 radical (unpaired) electrons. The fourth-order valence-corrected chi connectivity index (χ4v) is 4.11. The average Bonchev–Trinajstić information content (AvgIpc) is 2.49. The predicted octanol–water partition coefficient (Wildman–Crippen LogP) is 3.29. The SMILES string of the molecule is CCOCCN1CC(C2CCCCC2)NCC1CC(C)C. The molecule has 0 spiro atoms. The molecular formula is C18H36N2O.